The summed E-state index contributed by atoms with van der Waals surface area (Å²) in [7, 11) is 1.23. The second-order valence-corrected chi connectivity index (χ2v) is 4.59. The predicted molar refractivity (Wildman–Crippen MR) is 72.7 cm³/mol. The van der Waals surface area contributed by atoms with Crippen LogP contribution in [0.2, 0.25) is 0 Å². The summed E-state index contributed by atoms with van der Waals surface area (Å²) in [5.41, 5.74) is 8.89. The molecular weight excluding hydrogens is 276 g/mol. The number of azide groups is 1. The van der Waals surface area contributed by atoms with Crippen LogP contribution in [0.3, 0.4) is 0 Å². The van der Waals surface area contributed by atoms with Crippen LogP contribution in [0, 0.1) is 0 Å². The molecule has 0 saturated carbocycles. The van der Waals surface area contributed by atoms with Crippen LogP contribution >= 0.6 is 0 Å². The summed E-state index contributed by atoms with van der Waals surface area (Å²) in [4.78, 5) is 28.2. The minimum atomic E-state index is -0.836. The zero-order valence-electron chi connectivity index (χ0n) is 11.3. The predicted octanol–water partition coefficient (Wildman–Crippen LogP) is 1.38. The first-order chi connectivity index (χ1) is 10.1. The van der Waals surface area contributed by atoms with Crippen molar-refractivity contribution >= 4 is 17.6 Å². The number of carbonyl (C=O) groups excluding carboxylic acids is 2. The van der Waals surface area contributed by atoms with Gasteiger partial charge in [-0.15, -0.1) is 0 Å². The second-order valence-electron chi connectivity index (χ2n) is 4.59. The van der Waals surface area contributed by atoms with Crippen molar-refractivity contribution in [3.8, 4) is 0 Å². The molecule has 1 fully saturated rings. The molecule has 0 aliphatic carbocycles. The molecule has 1 amide bonds. The van der Waals surface area contributed by atoms with E-state index in [1.54, 1.807) is 12.1 Å². The van der Waals surface area contributed by atoms with E-state index in [9.17, 15) is 14.7 Å². The van der Waals surface area contributed by atoms with Gasteiger partial charge in [-0.05, 0) is 11.6 Å². The van der Waals surface area contributed by atoms with Crippen LogP contribution in [0.5, 0.6) is 0 Å². The number of ether oxygens (including phenoxy) is 1. The summed E-state index contributed by atoms with van der Waals surface area (Å²) < 4.78 is 4.65. The lowest BCUT2D eigenvalue weighted by Crippen LogP contribution is -2.41. The molecule has 8 heteroatoms. The van der Waals surface area contributed by atoms with Gasteiger partial charge >= 0.3 is 5.97 Å². The molecule has 110 valence electrons. The fourth-order valence-corrected chi connectivity index (χ4v) is 2.34. The molecule has 1 aromatic carbocycles. The van der Waals surface area contributed by atoms with Crippen molar-refractivity contribution in [2.75, 3.05) is 13.7 Å². The van der Waals surface area contributed by atoms with Crippen LogP contribution in [0.15, 0.2) is 29.4 Å². The summed E-state index contributed by atoms with van der Waals surface area (Å²) in [5, 5.41) is 13.2. The van der Waals surface area contributed by atoms with Gasteiger partial charge in [0.2, 0.25) is 0 Å². The molecule has 1 heterocycles. The number of benzene rings is 1. The van der Waals surface area contributed by atoms with Crippen molar-refractivity contribution in [3.05, 3.63) is 40.3 Å². The average Bonchev–Trinajstić information content (AvgIpc) is 2.88. The Kier molecular flexibility index (Phi) is 4.42. The average molecular weight is 290 g/mol. The van der Waals surface area contributed by atoms with E-state index in [-0.39, 0.29) is 24.2 Å². The second kappa shape index (κ2) is 6.25. The van der Waals surface area contributed by atoms with Crippen molar-refractivity contribution in [2.45, 2.75) is 18.6 Å². The van der Waals surface area contributed by atoms with E-state index < -0.39 is 24.0 Å². The Hall–Kier alpha value is -2.57. The largest absolute Gasteiger partial charge is 0.467 e. The molecule has 1 aromatic rings. The van der Waals surface area contributed by atoms with Crippen molar-refractivity contribution < 1.29 is 19.4 Å². The Bertz CT molecular complexity index is 612. The summed E-state index contributed by atoms with van der Waals surface area (Å²) in [6, 6.07) is 5.44. The molecule has 1 saturated heterocycles. The van der Waals surface area contributed by atoms with E-state index in [1.807, 2.05) is 0 Å². The third-order valence-electron chi connectivity index (χ3n) is 3.30. The maximum absolute atomic E-state index is 12.5. The third-order valence-corrected chi connectivity index (χ3v) is 3.30. The van der Waals surface area contributed by atoms with Gasteiger partial charge in [0.25, 0.3) is 5.91 Å². The summed E-state index contributed by atoms with van der Waals surface area (Å²) in [6.45, 7) is 0.0310. The van der Waals surface area contributed by atoms with Crippen LogP contribution in [0.1, 0.15) is 16.8 Å². The number of methoxy groups -OCH3 is 1. The molecule has 8 nitrogen and oxygen atoms in total. The van der Waals surface area contributed by atoms with Gasteiger partial charge in [0, 0.05) is 23.4 Å². The van der Waals surface area contributed by atoms with E-state index in [0.29, 0.717) is 0 Å². The van der Waals surface area contributed by atoms with Crippen molar-refractivity contribution in [2.24, 2.45) is 5.11 Å². The monoisotopic (exact) mass is 290 g/mol. The van der Waals surface area contributed by atoms with Crippen LogP contribution in [0.25, 0.3) is 10.4 Å². The third kappa shape index (κ3) is 2.96. The van der Waals surface area contributed by atoms with Gasteiger partial charge in [-0.25, -0.2) is 4.79 Å². The number of aliphatic hydroxyl groups is 1. The highest BCUT2D eigenvalue weighted by Gasteiger charge is 2.40. The molecule has 2 atom stereocenters. The number of carbonyl (C=O) groups is 2. The SMILES string of the molecule is COC(=O)[C@@H]1CC(O)CN1C(=O)c1ccccc1N=[N+]=[N-]. The molecule has 1 unspecified atom stereocenters. The number of esters is 1. The van der Waals surface area contributed by atoms with Crippen molar-refractivity contribution in [3.63, 3.8) is 0 Å². The van der Waals surface area contributed by atoms with Crippen molar-refractivity contribution in [1.29, 1.82) is 0 Å². The topological polar surface area (TPSA) is 116 Å². The normalized spacial score (nSPS) is 20.8. The molecule has 1 aliphatic heterocycles. The van der Waals surface area contributed by atoms with Gasteiger partial charge in [0.15, 0.2) is 0 Å². The molecule has 1 N–H and O–H groups in total. The first-order valence-electron chi connectivity index (χ1n) is 6.29. The lowest BCUT2D eigenvalue weighted by Gasteiger charge is -2.23. The number of rotatable bonds is 3. The Morgan fingerprint density at radius 1 is 1.48 bits per heavy atom. The minimum absolute atomic E-state index is 0.0310. The molecule has 21 heavy (non-hydrogen) atoms. The molecule has 0 bridgehead atoms. The number of nitrogens with zero attached hydrogens (tertiary/aromatic N) is 4. The molecular formula is C13H14N4O4. The number of hydrogen-bond donors (Lipinski definition) is 1. The summed E-state index contributed by atoms with van der Waals surface area (Å²) in [6.07, 6.45) is -0.660. The Morgan fingerprint density at radius 3 is 2.86 bits per heavy atom. The van der Waals surface area contributed by atoms with Gasteiger partial charge in [0.05, 0.1) is 18.9 Å². The highest BCUT2D eigenvalue weighted by atomic mass is 16.5. The zero-order chi connectivity index (χ0) is 15.4. The fraction of sp³-hybridized carbons (Fsp3) is 0.385. The number of likely N-dealkylation sites (tertiary alicyclic amines) is 1. The highest BCUT2D eigenvalue weighted by Crippen LogP contribution is 2.26. The lowest BCUT2D eigenvalue weighted by atomic mass is 10.1. The number of β-amino-alcohol motifs (C(OH)–C–C–N with tert-alkyl or cyclic N) is 1. The van der Waals surface area contributed by atoms with E-state index in [1.165, 1.54) is 24.1 Å². The first kappa shape index (κ1) is 14.8. The molecule has 0 aromatic heterocycles. The number of amides is 1. The Labute approximate surface area is 120 Å². The van der Waals surface area contributed by atoms with E-state index in [0.717, 1.165) is 0 Å². The van der Waals surface area contributed by atoms with Gasteiger partial charge in [-0.1, -0.05) is 23.3 Å². The van der Waals surface area contributed by atoms with E-state index >= 15 is 0 Å². The van der Waals surface area contributed by atoms with Gasteiger partial charge in [-0.2, -0.15) is 0 Å². The highest BCUT2D eigenvalue weighted by molar-refractivity contribution is 6.01. The lowest BCUT2D eigenvalue weighted by molar-refractivity contribution is -0.145. The summed E-state index contributed by atoms with van der Waals surface area (Å²) in [5.74, 6) is -1.06. The Morgan fingerprint density at radius 2 is 2.19 bits per heavy atom. The summed E-state index contributed by atoms with van der Waals surface area (Å²) >= 11 is 0. The quantitative estimate of drug-likeness (QED) is 0.391. The van der Waals surface area contributed by atoms with Crippen LogP contribution < -0.4 is 0 Å². The van der Waals surface area contributed by atoms with Gasteiger partial charge in [0.1, 0.15) is 6.04 Å². The van der Waals surface area contributed by atoms with Gasteiger partial charge < -0.3 is 14.7 Å². The molecule has 1 aliphatic rings. The molecule has 2 rings (SSSR count). The Balaban J connectivity index is 2.34. The molecule has 0 radical (unpaired) electrons. The van der Waals surface area contributed by atoms with Crippen LogP contribution in [0.4, 0.5) is 5.69 Å². The number of hydrogen-bond acceptors (Lipinski definition) is 5. The first-order valence-corrected chi connectivity index (χ1v) is 6.29. The smallest absolute Gasteiger partial charge is 0.328 e. The van der Waals surface area contributed by atoms with Gasteiger partial charge in [-0.3, -0.25) is 4.79 Å². The van der Waals surface area contributed by atoms with Crippen LogP contribution in [-0.4, -0.2) is 47.7 Å². The van der Waals surface area contributed by atoms with Crippen molar-refractivity contribution in [1.82, 2.24) is 4.90 Å². The maximum atomic E-state index is 12.5. The number of aliphatic hydroxyl groups excluding tert-OH is 1. The fourth-order valence-electron chi connectivity index (χ4n) is 2.34. The maximum Gasteiger partial charge on any atom is 0.328 e. The van der Waals surface area contributed by atoms with E-state index in [4.69, 9.17) is 5.53 Å². The standard InChI is InChI=1S/C13H14N4O4/c1-21-13(20)11-6-8(18)7-17(11)12(19)9-4-2-3-5-10(9)15-16-14/h2-5,8,11,18H,6-7H2,1H3/t8?,11-/m0/s1. The molecule has 0 spiro atoms. The van der Waals surface area contributed by atoms with E-state index in [2.05, 4.69) is 14.8 Å². The zero-order valence-corrected chi connectivity index (χ0v) is 11.3. The van der Waals surface area contributed by atoms with Crippen LogP contribution in [-0.2, 0) is 9.53 Å². The minimum Gasteiger partial charge on any atom is -0.467 e.